The number of cyclic esters (lactones) is 1. The summed E-state index contributed by atoms with van der Waals surface area (Å²) >= 11 is 0. The molecular weight excluding hydrogens is 312 g/mol. The third kappa shape index (κ3) is 5.42. The minimum atomic E-state index is -1.29. The zero-order chi connectivity index (χ0) is 17.4. The standard InChI is InChI=1S/C17H20N2O5/c20-15-10-6-2-5-9-13(19-17(22)23)16(21)24-11-14(18-15)12-7-3-1-4-8-12/h1-5,7-8,13-14,19H,6,9-11H2,(H,18,20)(H,22,23)/t13-,14+/m1/s1. The summed E-state index contributed by atoms with van der Waals surface area (Å²) in [6, 6.07) is 7.73. The molecule has 7 heteroatoms. The van der Waals surface area contributed by atoms with Crippen LogP contribution >= 0.6 is 0 Å². The molecule has 0 aromatic heterocycles. The highest BCUT2D eigenvalue weighted by atomic mass is 16.5. The highest BCUT2D eigenvalue weighted by Crippen LogP contribution is 2.15. The molecule has 1 aromatic rings. The molecule has 1 heterocycles. The van der Waals surface area contributed by atoms with Crippen molar-refractivity contribution < 1.29 is 24.2 Å². The fourth-order valence-corrected chi connectivity index (χ4v) is 2.37. The molecule has 1 aliphatic rings. The van der Waals surface area contributed by atoms with Crippen LogP contribution in [0.25, 0.3) is 0 Å². The van der Waals surface area contributed by atoms with Crippen molar-refractivity contribution in [2.75, 3.05) is 6.61 Å². The molecule has 2 rings (SSSR count). The van der Waals surface area contributed by atoms with Crippen LogP contribution in [0.2, 0.25) is 0 Å². The Morgan fingerprint density at radius 3 is 2.67 bits per heavy atom. The molecule has 0 unspecified atom stereocenters. The molecule has 0 bridgehead atoms. The van der Waals surface area contributed by atoms with Crippen molar-refractivity contribution in [3.05, 3.63) is 48.0 Å². The summed E-state index contributed by atoms with van der Waals surface area (Å²) in [6.07, 6.45) is 3.15. The van der Waals surface area contributed by atoms with Crippen molar-refractivity contribution in [3.63, 3.8) is 0 Å². The van der Waals surface area contributed by atoms with Crippen molar-refractivity contribution in [2.24, 2.45) is 0 Å². The van der Waals surface area contributed by atoms with E-state index in [-0.39, 0.29) is 18.9 Å². The molecule has 2 amide bonds. The Kier molecular flexibility index (Phi) is 6.36. The second-order valence-corrected chi connectivity index (χ2v) is 5.41. The molecule has 0 saturated carbocycles. The number of carboxylic acid groups (broad SMARTS) is 1. The van der Waals surface area contributed by atoms with Crippen molar-refractivity contribution in [1.82, 2.24) is 10.6 Å². The maximum absolute atomic E-state index is 12.1. The van der Waals surface area contributed by atoms with Gasteiger partial charge < -0.3 is 20.5 Å². The second-order valence-electron chi connectivity index (χ2n) is 5.41. The minimum Gasteiger partial charge on any atom is -0.465 e. The van der Waals surface area contributed by atoms with Crippen LogP contribution in [-0.2, 0) is 14.3 Å². The van der Waals surface area contributed by atoms with Crippen molar-refractivity contribution in [3.8, 4) is 0 Å². The lowest BCUT2D eigenvalue weighted by molar-refractivity contribution is -0.147. The smallest absolute Gasteiger partial charge is 0.405 e. The van der Waals surface area contributed by atoms with Gasteiger partial charge in [0.05, 0.1) is 6.04 Å². The summed E-state index contributed by atoms with van der Waals surface area (Å²) in [6.45, 7) is -0.0594. The summed E-state index contributed by atoms with van der Waals surface area (Å²) in [5, 5.41) is 13.8. The number of nitrogens with one attached hydrogen (secondary N) is 2. The van der Waals surface area contributed by atoms with Gasteiger partial charge in [0.1, 0.15) is 12.6 Å². The van der Waals surface area contributed by atoms with Crippen LogP contribution in [0.15, 0.2) is 42.5 Å². The first-order chi connectivity index (χ1) is 11.6. The molecule has 0 saturated heterocycles. The van der Waals surface area contributed by atoms with E-state index in [1.54, 1.807) is 12.2 Å². The van der Waals surface area contributed by atoms with Crippen molar-refractivity contribution >= 4 is 18.0 Å². The Balaban J connectivity index is 2.15. The van der Waals surface area contributed by atoms with Gasteiger partial charge >= 0.3 is 12.1 Å². The Morgan fingerprint density at radius 1 is 1.21 bits per heavy atom. The molecule has 1 aliphatic heterocycles. The minimum absolute atomic E-state index is 0.0594. The number of carbonyl (C=O) groups is 3. The van der Waals surface area contributed by atoms with Crippen LogP contribution in [0, 0.1) is 0 Å². The van der Waals surface area contributed by atoms with Gasteiger partial charge in [-0.05, 0) is 18.4 Å². The quantitative estimate of drug-likeness (QED) is 0.565. The third-order valence-electron chi connectivity index (χ3n) is 3.59. The fraction of sp³-hybridized carbons (Fsp3) is 0.353. The summed E-state index contributed by atoms with van der Waals surface area (Å²) < 4.78 is 5.23. The normalized spacial score (nSPS) is 22.5. The van der Waals surface area contributed by atoms with E-state index in [1.165, 1.54) is 0 Å². The number of allylic oxidation sites excluding steroid dienone is 1. The molecule has 24 heavy (non-hydrogen) atoms. The summed E-state index contributed by atoms with van der Waals surface area (Å²) in [5.74, 6) is -0.803. The lowest BCUT2D eigenvalue weighted by Gasteiger charge is -2.21. The molecule has 128 valence electrons. The molecule has 2 atom stereocenters. The van der Waals surface area contributed by atoms with E-state index in [2.05, 4.69) is 10.6 Å². The second kappa shape index (κ2) is 8.71. The van der Waals surface area contributed by atoms with Gasteiger partial charge in [0, 0.05) is 6.42 Å². The number of benzene rings is 1. The predicted molar refractivity (Wildman–Crippen MR) is 86.2 cm³/mol. The first-order valence-electron chi connectivity index (χ1n) is 7.71. The zero-order valence-electron chi connectivity index (χ0n) is 13.1. The number of hydrogen-bond donors (Lipinski definition) is 3. The van der Waals surface area contributed by atoms with Crippen molar-refractivity contribution in [1.29, 1.82) is 0 Å². The van der Waals surface area contributed by atoms with Crippen LogP contribution < -0.4 is 10.6 Å². The maximum atomic E-state index is 12.1. The van der Waals surface area contributed by atoms with Crippen LogP contribution in [0.3, 0.4) is 0 Å². The average Bonchev–Trinajstić information content (AvgIpc) is 2.56. The third-order valence-corrected chi connectivity index (χ3v) is 3.59. The first-order valence-corrected chi connectivity index (χ1v) is 7.71. The highest BCUT2D eigenvalue weighted by molar-refractivity contribution is 5.81. The number of amides is 2. The number of esters is 1. The largest absolute Gasteiger partial charge is 0.465 e. The molecule has 1 aromatic carbocycles. The van der Waals surface area contributed by atoms with E-state index >= 15 is 0 Å². The number of carbonyl (C=O) groups excluding carboxylic acids is 2. The average molecular weight is 332 g/mol. The van der Waals surface area contributed by atoms with Gasteiger partial charge in [0.25, 0.3) is 0 Å². The molecule has 7 nitrogen and oxygen atoms in total. The number of hydrogen-bond acceptors (Lipinski definition) is 4. The van der Waals surface area contributed by atoms with Crippen LogP contribution in [-0.4, -0.2) is 35.7 Å². The van der Waals surface area contributed by atoms with E-state index in [0.29, 0.717) is 12.8 Å². The summed E-state index contributed by atoms with van der Waals surface area (Å²) in [7, 11) is 0. The van der Waals surface area contributed by atoms with Gasteiger partial charge in [-0.2, -0.15) is 0 Å². The Hall–Kier alpha value is -2.83. The van der Waals surface area contributed by atoms with Gasteiger partial charge in [-0.25, -0.2) is 9.59 Å². The SMILES string of the molecule is O=C(O)N[C@@H]1CC=CCCC(=O)N[C@H](c2ccccc2)COC1=O. The van der Waals surface area contributed by atoms with Crippen LogP contribution in [0.5, 0.6) is 0 Å². The van der Waals surface area contributed by atoms with E-state index in [9.17, 15) is 14.4 Å². The predicted octanol–water partition coefficient (Wildman–Crippen LogP) is 1.76. The Bertz CT molecular complexity index is 615. The van der Waals surface area contributed by atoms with Crippen molar-refractivity contribution in [2.45, 2.75) is 31.3 Å². The van der Waals surface area contributed by atoms with E-state index < -0.39 is 24.1 Å². The monoisotopic (exact) mass is 332 g/mol. The molecule has 0 fully saturated rings. The van der Waals surface area contributed by atoms with Gasteiger partial charge in [-0.1, -0.05) is 42.5 Å². The zero-order valence-corrected chi connectivity index (χ0v) is 13.1. The number of ether oxygens (including phenoxy) is 1. The Morgan fingerprint density at radius 2 is 1.96 bits per heavy atom. The summed E-state index contributed by atoms with van der Waals surface area (Å²) in [5.41, 5.74) is 0.814. The topological polar surface area (TPSA) is 105 Å². The van der Waals surface area contributed by atoms with Gasteiger partial charge in [0.2, 0.25) is 5.91 Å². The van der Waals surface area contributed by atoms with Gasteiger partial charge in [0.15, 0.2) is 0 Å². The van der Waals surface area contributed by atoms with Crippen LogP contribution in [0.1, 0.15) is 30.9 Å². The Labute approximate surface area is 139 Å². The lowest BCUT2D eigenvalue weighted by atomic mass is 10.1. The highest BCUT2D eigenvalue weighted by Gasteiger charge is 2.24. The molecule has 0 radical (unpaired) electrons. The fourth-order valence-electron chi connectivity index (χ4n) is 2.37. The molecule has 3 N–H and O–H groups in total. The van der Waals surface area contributed by atoms with Gasteiger partial charge in [-0.15, -0.1) is 0 Å². The molecular formula is C17H20N2O5. The summed E-state index contributed by atoms with van der Waals surface area (Å²) in [4.78, 5) is 34.9. The van der Waals surface area contributed by atoms with E-state index in [1.807, 2.05) is 30.3 Å². The number of rotatable bonds is 2. The first kappa shape index (κ1) is 17.5. The maximum Gasteiger partial charge on any atom is 0.405 e. The van der Waals surface area contributed by atoms with E-state index in [4.69, 9.17) is 9.84 Å². The lowest BCUT2D eigenvalue weighted by Crippen LogP contribution is -2.42. The van der Waals surface area contributed by atoms with Crippen LogP contribution in [0.4, 0.5) is 4.79 Å². The van der Waals surface area contributed by atoms with Gasteiger partial charge in [-0.3, -0.25) is 4.79 Å². The molecule has 0 spiro atoms. The molecule has 0 aliphatic carbocycles. The van der Waals surface area contributed by atoms with E-state index in [0.717, 1.165) is 5.56 Å².